The Hall–Kier alpha value is -7.56. The van der Waals surface area contributed by atoms with Gasteiger partial charge in [0.2, 0.25) is 0 Å². The maximum absolute atomic E-state index is 6.21. The zero-order valence-electron chi connectivity index (χ0n) is 30.5. The van der Waals surface area contributed by atoms with E-state index in [1.165, 1.54) is 0 Å². The summed E-state index contributed by atoms with van der Waals surface area (Å²) in [6.07, 6.45) is 0. The van der Waals surface area contributed by atoms with E-state index < -0.39 is 0 Å². The molecule has 0 aliphatic rings. The molecule has 2 aromatic heterocycles. The number of ether oxygens (including phenoxy) is 2. The van der Waals surface area contributed by atoms with Gasteiger partial charge in [-0.05, 0) is 101 Å². The highest BCUT2D eigenvalue weighted by molar-refractivity contribution is 5.82. The van der Waals surface area contributed by atoms with E-state index in [-0.39, 0.29) is 0 Å². The van der Waals surface area contributed by atoms with Gasteiger partial charge in [0, 0.05) is 22.3 Å². The molecule has 0 radical (unpaired) electrons. The third kappa shape index (κ3) is 7.86. The van der Waals surface area contributed by atoms with Crippen molar-refractivity contribution in [3.63, 3.8) is 0 Å². The summed E-state index contributed by atoms with van der Waals surface area (Å²) in [7, 11) is 0. The molecule has 0 amide bonds. The first-order chi connectivity index (χ1) is 27.7. The van der Waals surface area contributed by atoms with Crippen LogP contribution < -0.4 is 9.47 Å². The van der Waals surface area contributed by atoms with Gasteiger partial charge in [0.15, 0.2) is 0 Å². The van der Waals surface area contributed by atoms with Crippen LogP contribution in [0.25, 0.3) is 67.3 Å². The first-order valence-electron chi connectivity index (χ1n) is 18.6. The fraction of sp³-hybridized carbons (Fsp3) is 0. The summed E-state index contributed by atoms with van der Waals surface area (Å²) >= 11 is 0. The highest BCUT2D eigenvalue weighted by Crippen LogP contribution is 2.36. The van der Waals surface area contributed by atoms with Crippen molar-refractivity contribution in [1.29, 1.82) is 0 Å². The van der Waals surface area contributed by atoms with Crippen LogP contribution in [0.15, 0.2) is 218 Å². The highest BCUT2D eigenvalue weighted by atomic mass is 16.5. The Balaban J connectivity index is 1.12. The number of nitrogens with zero attached hydrogens (tertiary/aromatic N) is 2. The molecule has 7 aromatic carbocycles. The van der Waals surface area contributed by atoms with Gasteiger partial charge in [-0.1, -0.05) is 140 Å². The smallest absolute Gasteiger partial charge is 0.128 e. The second-order valence-corrected chi connectivity index (χ2v) is 13.5. The fourth-order valence-electron chi connectivity index (χ4n) is 6.77. The molecular formula is C52H36N2O2. The Labute approximate surface area is 327 Å². The Kier molecular flexibility index (Phi) is 9.66. The zero-order chi connectivity index (χ0) is 37.5. The SMILES string of the molecule is c1ccc(Oc2cccc(-c3cc(-c4cccc(-c5cc(-c6ccccc6)nc(-c6cccc(Oc7ccccc7)c6)c5)c4)cc(-c4ccccc4)n3)c2)cc1. The van der Waals surface area contributed by atoms with Gasteiger partial charge in [0.1, 0.15) is 23.0 Å². The second-order valence-electron chi connectivity index (χ2n) is 13.5. The Morgan fingerprint density at radius 3 is 0.929 bits per heavy atom. The summed E-state index contributed by atoms with van der Waals surface area (Å²) in [5, 5.41) is 0. The highest BCUT2D eigenvalue weighted by Gasteiger charge is 2.14. The van der Waals surface area contributed by atoms with Crippen molar-refractivity contribution < 1.29 is 9.47 Å². The number of rotatable bonds is 10. The molecule has 0 aliphatic carbocycles. The van der Waals surface area contributed by atoms with Crippen molar-refractivity contribution in [1.82, 2.24) is 9.97 Å². The minimum atomic E-state index is 0.754. The lowest BCUT2D eigenvalue weighted by atomic mass is 9.95. The number of para-hydroxylation sites is 2. The molecule has 0 saturated carbocycles. The monoisotopic (exact) mass is 720 g/mol. The summed E-state index contributed by atoms with van der Waals surface area (Å²) in [6.45, 7) is 0. The molecule has 0 spiro atoms. The minimum Gasteiger partial charge on any atom is -0.457 e. The first-order valence-corrected chi connectivity index (χ1v) is 18.6. The number of pyridine rings is 2. The lowest BCUT2D eigenvalue weighted by Gasteiger charge is -2.14. The molecule has 4 heteroatoms. The van der Waals surface area contributed by atoms with Gasteiger partial charge >= 0.3 is 0 Å². The predicted molar refractivity (Wildman–Crippen MR) is 228 cm³/mol. The average Bonchev–Trinajstić information content (AvgIpc) is 3.28. The van der Waals surface area contributed by atoms with Crippen LogP contribution in [-0.4, -0.2) is 9.97 Å². The molecule has 2 heterocycles. The van der Waals surface area contributed by atoms with Crippen LogP contribution in [0.2, 0.25) is 0 Å². The van der Waals surface area contributed by atoms with Gasteiger partial charge in [-0.25, -0.2) is 9.97 Å². The van der Waals surface area contributed by atoms with Gasteiger partial charge in [0.05, 0.1) is 22.8 Å². The van der Waals surface area contributed by atoms with E-state index in [9.17, 15) is 0 Å². The molecule has 56 heavy (non-hydrogen) atoms. The van der Waals surface area contributed by atoms with E-state index in [1.54, 1.807) is 0 Å². The van der Waals surface area contributed by atoms with Crippen LogP contribution in [0, 0.1) is 0 Å². The number of hydrogen-bond donors (Lipinski definition) is 0. The first kappa shape index (κ1) is 34.2. The lowest BCUT2D eigenvalue weighted by molar-refractivity contribution is 0.482. The molecule has 9 aromatic rings. The van der Waals surface area contributed by atoms with E-state index in [0.717, 1.165) is 90.3 Å². The Morgan fingerprint density at radius 1 is 0.214 bits per heavy atom. The van der Waals surface area contributed by atoms with Gasteiger partial charge in [-0.2, -0.15) is 0 Å². The van der Waals surface area contributed by atoms with Crippen molar-refractivity contribution in [2.75, 3.05) is 0 Å². The van der Waals surface area contributed by atoms with Gasteiger partial charge in [0.25, 0.3) is 0 Å². The summed E-state index contributed by atoms with van der Waals surface area (Å²) in [5.74, 6) is 3.08. The summed E-state index contributed by atoms with van der Waals surface area (Å²) in [4.78, 5) is 10.4. The minimum absolute atomic E-state index is 0.754. The van der Waals surface area contributed by atoms with Gasteiger partial charge in [-0.3, -0.25) is 0 Å². The molecule has 0 saturated heterocycles. The maximum atomic E-state index is 6.21. The van der Waals surface area contributed by atoms with Crippen LogP contribution in [0.4, 0.5) is 0 Å². The second kappa shape index (κ2) is 15.8. The lowest BCUT2D eigenvalue weighted by Crippen LogP contribution is -1.93. The topological polar surface area (TPSA) is 44.2 Å². The Bertz CT molecular complexity index is 2550. The van der Waals surface area contributed by atoms with E-state index in [2.05, 4.69) is 84.9 Å². The third-order valence-corrected chi connectivity index (χ3v) is 9.54. The van der Waals surface area contributed by atoms with Crippen LogP contribution in [0.3, 0.4) is 0 Å². The standard InChI is InChI=1S/C52H36N2O2/c1-5-16-37(17-6-1)49-33-43(35-51(53-49)41-22-14-28-47(31-41)55-45-24-9-3-10-25-45)39-20-13-21-40(30-39)44-34-50(38-18-7-2-8-19-38)54-52(36-44)42-23-15-29-48(32-42)56-46-26-11-4-12-27-46/h1-36H. The normalized spacial score (nSPS) is 10.9. The summed E-state index contributed by atoms with van der Waals surface area (Å²) < 4.78 is 12.4. The van der Waals surface area contributed by atoms with Crippen molar-refractivity contribution in [2.45, 2.75) is 0 Å². The molecule has 9 rings (SSSR count). The van der Waals surface area contributed by atoms with Gasteiger partial charge in [-0.15, -0.1) is 0 Å². The fourth-order valence-corrected chi connectivity index (χ4v) is 6.77. The van der Waals surface area contributed by atoms with Crippen molar-refractivity contribution in [3.8, 4) is 90.3 Å². The molecule has 0 unspecified atom stereocenters. The van der Waals surface area contributed by atoms with E-state index in [0.29, 0.717) is 0 Å². The average molecular weight is 721 g/mol. The predicted octanol–water partition coefficient (Wildman–Crippen LogP) is 14.1. The van der Waals surface area contributed by atoms with Crippen molar-refractivity contribution >= 4 is 0 Å². The molecule has 0 N–H and O–H groups in total. The molecule has 0 atom stereocenters. The molecule has 4 nitrogen and oxygen atoms in total. The van der Waals surface area contributed by atoms with Crippen LogP contribution in [0.1, 0.15) is 0 Å². The quantitative estimate of drug-likeness (QED) is 0.141. The Morgan fingerprint density at radius 2 is 0.518 bits per heavy atom. The zero-order valence-corrected chi connectivity index (χ0v) is 30.5. The van der Waals surface area contributed by atoms with Gasteiger partial charge < -0.3 is 9.47 Å². The number of aromatic nitrogens is 2. The number of benzene rings is 7. The third-order valence-electron chi connectivity index (χ3n) is 9.54. The molecule has 266 valence electrons. The van der Waals surface area contributed by atoms with E-state index in [4.69, 9.17) is 19.4 Å². The number of hydrogen-bond acceptors (Lipinski definition) is 4. The molecule has 0 fully saturated rings. The van der Waals surface area contributed by atoms with Crippen molar-refractivity contribution in [3.05, 3.63) is 218 Å². The largest absolute Gasteiger partial charge is 0.457 e. The maximum Gasteiger partial charge on any atom is 0.128 e. The van der Waals surface area contributed by atoms with Crippen LogP contribution >= 0.6 is 0 Å². The molecule has 0 bridgehead atoms. The molecule has 0 aliphatic heterocycles. The van der Waals surface area contributed by atoms with Crippen LogP contribution in [-0.2, 0) is 0 Å². The molecular weight excluding hydrogens is 685 g/mol. The van der Waals surface area contributed by atoms with E-state index >= 15 is 0 Å². The summed E-state index contributed by atoms with van der Waals surface area (Å²) in [6, 6.07) is 74.0. The summed E-state index contributed by atoms with van der Waals surface area (Å²) in [5.41, 5.74) is 11.8. The van der Waals surface area contributed by atoms with E-state index in [1.807, 2.05) is 133 Å². The van der Waals surface area contributed by atoms with Crippen LogP contribution in [0.5, 0.6) is 23.0 Å². The van der Waals surface area contributed by atoms with Crippen molar-refractivity contribution in [2.24, 2.45) is 0 Å².